The van der Waals surface area contributed by atoms with Crippen molar-refractivity contribution in [2.75, 3.05) is 37.6 Å². The van der Waals surface area contributed by atoms with Crippen molar-refractivity contribution >= 4 is 34.2 Å². The number of carboxylic acid groups (broad SMARTS) is 1. The number of para-hydroxylation sites is 1. The fourth-order valence-electron chi connectivity index (χ4n) is 5.64. The summed E-state index contributed by atoms with van der Waals surface area (Å²) in [7, 11) is 0. The van der Waals surface area contributed by atoms with Gasteiger partial charge in [0.15, 0.2) is 0 Å². The van der Waals surface area contributed by atoms with Crippen molar-refractivity contribution in [2.24, 2.45) is 0 Å². The Kier molecular flexibility index (Phi) is 5.10. The Bertz CT molecular complexity index is 1270. The lowest BCUT2D eigenvalue weighted by molar-refractivity contribution is -0.131. The van der Waals surface area contributed by atoms with Crippen molar-refractivity contribution in [2.45, 2.75) is 24.9 Å². The predicted molar refractivity (Wildman–Crippen MR) is 128 cm³/mol. The number of hydrogen-bond donors (Lipinski definition) is 1. The van der Waals surface area contributed by atoms with E-state index in [4.69, 9.17) is 9.52 Å². The normalized spacial score (nSPS) is 22.4. The summed E-state index contributed by atoms with van der Waals surface area (Å²) in [4.78, 5) is 35.2. The van der Waals surface area contributed by atoms with Crippen molar-refractivity contribution < 1.29 is 19.1 Å². The summed E-state index contributed by atoms with van der Waals surface area (Å²) in [5.41, 5.74) is 3.27. The number of nitrogens with zero attached hydrogens (tertiary/aromatic N) is 4. The number of anilines is 1. The number of carbonyl (C=O) groups excluding carboxylic acids is 1. The van der Waals surface area contributed by atoms with E-state index in [1.165, 1.54) is 6.20 Å². The second kappa shape index (κ2) is 8.29. The zero-order chi connectivity index (χ0) is 23.2. The van der Waals surface area contributed by atoms with Gasteiger partial charge in [0.1, 0.15) is 11.4 Å². The Labute approximate surface area is 197 Å². The summed E-state index contributed by atoms with van der Waals surface area (Å²) in [6, 6.07) is 12.1. The average molecular weight is 459 g/mol. The fraction of sp³-hybridized carbons (Fsp3) is 0.346. The van der Waals surface area contributed by atoms with E-state index >= 15 is 0 Å². The minimum atomic E-state index is -0.967. The summed E-state index contributed by atoms with van der Waals surface area (Å²) < 4.78 is 5.68. The van der Waals surface area contributed by atoms with Crippen molar-refractivity contribution in [1.82, 2.24) is 14.8 Å². The average Bonchev–Trinajstić information content (AvgIpc) is 3.57. The number of piperazine rings is 1. The van der Waals surface area contributed by atoms with E-state index in [9.17, 15) is 9.59 Å². The van der Waals surface area contributed by atoms with Crippen LogP contribution in [0.25, 0.3) is 16.5 Å². The summed E-state index contributed by atoms with van der Waals surface area (Å²) in [5.74, 6) is 0.00405. The molecule has 0 saturated carbocycles. The second-order valence-corrected chi connectivity index (χ2v) is 9.34. The van der Waals surface area contributed by atoms with Crippen LogP contribution in [-0.2, 0) is 4.79 Å². The summed E-state index contributed by atoms with van der Waals surface area (Å²) in [6.45, 7) is 3.26. The quantitative estimate of drug-likeness (QED) is 0.628. The number of likely N-dealkylation sites (tertiary alicyclic amines) is 1. The largest absolute Gasteiger partial charge is 0.478 e. The lowest BCUT2D eigenvalue weighted by atomic mass is 10.0. The van der Waals surface area contributed by atoms with Gasteiger partial charge in [-0.25, -0.2) is 9.78 Å². The van der Waals surface area contributed by atoms with Crippen LogP contribution < -0.4 is 4.90 Å². The molecule has 6 rings (SSSR count). The Balaban J connectivity index is 1.09. The van der Waals surface area contributed by atoms with Gasteiger partial charge in [-0.05, 0) is 36.6 Å². The summed E-state index contributed by atoms with van der Waals surface area (Å²) in [6.07, 6.45) is 7.37. The maximum absolute atomic E-state index is 13.1. The molecule has 2 aromatic heterocycles. The van der Waals surface area contributed by atoms with Crippen LogP contribution in [0, 0.1) is 0 Å². The highest BCUT2D eigenvalue weighted by Crippen LogP contribution is 2.34. The Morgan fingerprint density at radius 2 is 1.91 bits per heavy atom. The number of carbonyl (C=O) groups is 2. The molecule has 2 saturated heterocycles. The highest BCUT2D eigenvalue weighted by atomic mass is 16.4. The van der Waals surface area contributed by atoms with Gasteiger partial charge in [-0.15, -0.1) is 0 Å². The van der Waals surface area contributed by atoms with Crippen LogP contribution in [0.4, 0.5) is 5.82 Å². The number of aromatic nitrogens is 1. The minimum absolute atomic E-state index is 0.148. The Hall–Kier alpha value is -3.65. The number of furan rings is 1. The van der Waals surface area contributed by atoms with Gasteiger partial charge in [-0.2, -0.15) is 0 Å². The molecule has 5 heterocycles. The molecule has 2 unspecified atom stereocenters. The first-order valence-corrected chi connectivity index (χ1v) is 11.7. The highest BCUT2D eigenvalue weighted by molar-refractivity contribution is 5.92. The fourth-order valence-corrected chi connectivity index (χ4v) is 5.64. The van der Waals surface area contributed by atoms with Crippen molar-refractivity contribution in [3.05, 3.63) is 66.1 Å². The Morgan fingerprint density at radius 1 is 1.09 bits per heavy atom. The molecule has 8 nitrogen and oxygen atoms in total. The zero-order valence-corrected chi connectivity index (χ0v) is 18.8. The zero-order valence-electron chi connectivity index (χ0n) is 18.8. The van der Waals surface area contributed by atoms with Crippen LogP contribution in [-0.4, -0.2) is 76.6 Å². The number of rotatable bonds is 5. The number of fused-ring (bicyclic) bond motifs is 3. The number of benzene rings is 1. The predicted octanol–water partition coefficient (Wildman–Crippen LogP) is 3.10. The van der Waals surface area contributed by atoms with Gasteiger partial charge in [0.25, 0.3) is 0 Å². The highest BCUT2D eigenvalue weighted by Gasteiger charge is 2.41. The lowest BCUT2D eigenvalue weighted by Crippen LogP contribution is -2.56. The topological polar surface area (TPSA) is 90.1 Å². The monoisotopic (exact) mass is 458 g/mol. The van der Waals surface area contributed by atoms with E-state index in [0.717, 1.165) is 53.9 Å². The van der Waals surface area contributed by atoms with Crippen molar-refractivity contribution in [3.63, 3.8) is 0 Å². The number of carboxylic acids is 1. The van der Waals surface area contributed by atoms with Gasteiger partial charge < -0.3 is 19.3 Å². The molecule has 0 radical (unpaired) electrons. The first-order chi connectivity index (χ1) is 16.6. The summed E-state index contributed by atoms with van der Waals surface area (Å²) in [5, 5.41) is 10.2. The van der Waals surface area contributed by atoms with Crippen LogP contribution >= 0.6 is 0 Å². The third-order valence-electron chi connectivity index (χ3n) is 7.27. The molecule has 2 atom stereocenters. The van der Waals surface area contributed by atoms with Gasteiger partial charge in [-0.1, -0.05) is 24.3 Å². The standard InChI is InChI=1S/C26H26N4O4/c31-24(29-10-8-19(13-29)22-3-1-2-17-9-11-34-25(17)22)16-28-14-20-5-6-21(15-28)30(20)23-7-4-18(12-27-23)26(32)33/h1-4,7-9,11-12,20-21H,5-6,10,13-16H2,(H,32,33). The number of pyridine rings is 1. The van der Waals surface area contributed by atoms with Crippen LogP contribution in [0.15, 0.2) is 59.4 Å². The molecule has 1 amide bonds. The molecule has 0 spiro atoms. The number of hydrogen-bond acceptors (Lipinski definition) is 6. The van der Waals surface area contributed by atoms with Crippen molar-refractivity contribution in [1.29, 1.82) is 0 Å². The molecule has 1 aromatic carbocycles. The first kappa shape index (κ1) is 20.9. The maximum atomic E-state index is 13.1. The molecule has 8 heteroatoms. The number of amides is 1. The SMILES string of the molecule is O=C(O)c1ccc(N2C3CCC2CN(CC(=O)N2CC=C(c4cccc5ccoc45)C2)C3)nc1. The third-order valence-corrected chi connectivity index (χ3v) is 7.27. The lowest BCUT2D eigenvalue weighted by Gasteiger charge is -2.41. The molecule has 2 fully saturated rings. The van der Waals surface area contributed by atoms with Crippen LogP contribution in [0.2, 0.25) is 0 Å². The van der Waals surface area contributed by atoms with E-state index in [0.29, 0.717) is 31.7 Å². The molecular weight excluding hydrogens is 432 g/mol. The van der Waals surface area contributed by atoms with Gasteiger partial charge in [0, 0.05) is 55.4 Å². The van der Waals surface area contributed by atoms with Crippen molar-refractivity contribution in [3.8, 4) is 0 Å². The first-order valence-electron chi connectivity index (χ1n) is 11.7. The summed E-state index contributed by atoms with van der Waals surface area (Å²) >= 11 is 0. The van der Waals surface area contributed by atoms with Crippen LogP contribution in [0.5, 0.6) is 0 Å². The molecule has 3 aliphatic heterocycles. The van der Waals surface area contributed by atoms with E-state index in [1.807, 2.05) is 23.1 Å². The molecule has 174 valence electrons. The minimum Gasteiger partial charge on any atom is -0.478 e. The van der Waals surface area contributed by atoms with Gasteiger partial charge in [0.05, 0.1) is 18.4 Å². The van der Waals surface area contributed by atoms with Crippen LogP contribution in [0.3, 0.4) is 0 Å². The molecule has 34 heavy (non-hydrogen) atoms. The third kappa shape index (κ3) is 3.64. The molecular formula is C26H26N4O4. The smallest absolute Gasteiger partial charge is 0.337 e. The second-order valence-electron chi connectivity index (χ2n) is 9.34. The molecule has 0 aliphatic carbocycles. The van der Waals surface area contributed by atoms with Gasteiger partial charge in [-0.3, -0.25) is 9.69 Å². The molecule has 3 aliphatic rings. The van der Waals surface area contributed by atoms with Gasteiger partial charge in [0.2, 0.25) is 5.91 Å². The van der Waals surface area contributed by atoms with E-state index in [2.05, 4.69) is 26.9 Å². The maximum Gasteiger partial charge on any atom is 0.337 e. The molecule has 2 bridgehead atoms. The van der Waals surface area contributed by atoms with E-state index < -0.39 is 5.97 Å². The van der Waals surface area contributed by atoms with Crippen LogP contribution in [0.1, 0.15) is 28.8 Å². The molecule has 1 N–H and O–H groups in total. The Morgan fingerprint density at radius 3 is 2.65 bits per heavy atom. The number of aromatic carboxylic acids is 1. The van der Waals surface area contributed by atoms with E-state index in [1.54, 1.807) is 18.4 Å². The van der Waals surface area contributed by atoms with Gasteiger partial charge >= 0.3 is 5.97 Å². The molecule has 3 aromatic rings. The van der Waals surface area contributed by atoms with E-state index in [-0.39, 0.29) is 11.5 Å².